The van der Waals surface area contributed by atoms with Gasteiger partial charge >= 0.3 is 0 Å². The Hall–Kier alpha value is -2.71. The molecule has 15 heteroatoms. The summed E-state index contributed by atoms with van der Waals surface area (Å²) in [5.41, 5.74) is 7.35. The van der Waals surface area contributed by atoms with Crippen LogP contribution in [-0.2, 0) is 16.3 Å². The summed E-state index contributed by atoms with van der Waals surface area (Å²) >= 11 is 12.7. The fraction of sp³-hybridized carbons (Fsp3) is 0.586. The first-order valence-electron chi connectivity index (χ1n) is 14.9. The number of carbonyl (C=O) groups is 2. The Kier molecular flexibility index (Phi) is 11.7. The van der Waals surface area contributed by atoms with Gasteiger partial charge in [0.1, 0.15) is 9.84 Å². The van der Waals surface area contributed by atoms with Crippen molar-refractivity contribution in [3.05, 3.63) is 45.2 Å². The molecule has 242 valence electrons. The number of hydrogen-bond acceptors (Lipinski definition) is 10. The van der Waals surface area contributed by atoms with Gasteiger partial charge in [0.05, 0.1) is 12.4 Å². The monoisotopic (exact) mass is 669 g/mol. The zero-order chi connectivity index (χ0) is 32.0. The van der Waals surface area contributed by atoms with E-state index in [4.69, 9.17) is 34.0 Å². The number of anilines is 2. The van der Waals surface area contributed by atoms with Gasteiger partial charge in [-0.25, -0.2) is 18.4 Å². The maximum atomic E-state index is 13.5. The molecule has 0 bridgehead atoms. The third-order valence-electron chi connectivity index (χ3n) is 8.25. The molecular formula is C29H41Cl2N7O5S. The van der Waals surface area contributed by atoms with E-state index < -0.39 is 15.7 Å². The number of halogens is 2. The van der Waals surface area contributed by atoms with Crippen LogP contribution >= 0.6 is 23.2 Å². The first-order chi connectivity index (χ1) is 20.9. The van der Waals surface area contributed by atoms with E-state index in [2.05, 4.69) is 32.0 Å². The smallest absolute Gasteiger partial charge is 0.273 e. The number of carbonyl (C=O) groups excluding carboxylic acids is 2. The van der Waals surface area contributed by atoms with Crippen LogP contribution in [0.25, 0.3) is 0 Å². The topological polar surface area (TPSA) is 162 Å². The summed E-state index contributed by atoms with van der Waals surface area (Å²) in [7, 11) is -3.09. The quantitative estimate of drug-likeness (QED) is 0.324. The fourth-order valence-electron chi connectivity index (χ4n) is 6.02. The Morgan fingerprint density at radius 3 is 2.52 bits per heavy atom. The molecule has 4 rings (SSSR count). The van der Waals surface area contributed by atoms with Gasteiger partial charge in [-0.15, -0.1) is 0 Å². The lowest BCUT2D eigenvalue weighted by molar-refractivity contribution is 0.0490. The van der Waals surface area contributed by atoms with E-state index in [0.717, 1.165) is 31.4 Å². The molecular weight excluding hydrogens is 629 g/mol. The fourth-order valence-corrected chi connectivity index (χ4v) is 7.13. The minimum Gasteiger partial charge on any atom is -0.395 e. The Bertz CT molecular complexity index is 1450. The first kappa shape index (κ1) is 34.2. The van der Waals surface area contributed by atoms with Crippen molar-refractivity contribution in [1.82, 2.24) is 25.1 Å². The molecule has 4 N–H and O–H groups in total. The van der Waals surface area contributed by atoms with Crippen molar-refractivity contribution in [2.75, 3.05) is 68.5 Å². The lowest BCUT2D eigenvalue weighted by atomic mass is 9.96. The number of nitrogens with zero attached hydrogens (tertiary/aromatic N) is 5. The van der Waals surface area contributed by atoms with Crippen molar-refractivity contribution in [2.45, 2.75) is 51.1 Å². The number of aromatic nitrogens is 2. The van der Waals surface area contributed by atoms with E-state index >= 15 is 0 Å². The molecule has 0 saturated carbocycles. The van der Waals surface area contributed by atoms with Gasteiger partial charge in [-0.05, 0) is 55.9 Å². The number of nitrogens with one attached hydrogen (secondary N) is 1. The normalized spacial score (nSPS) is 18.4. The molecule has 0 aliphatic carbocycles. The Morgan fingerprint density at radius 1 is 1.14 bits per heavy atom. The summed E-state index contributed by atoms with van der Waals surface area (Å²) in [5.74, 6) is -0.114. The summed E-state index contributed by atoms with van der Waals surface area (Å²) in [6.45, 7) is 5.35. The third-order valence-corrected chi connectivity index (χ3v) is 9.77. The molecule has 2 aromatic rings. The van der Waals surface area contributed by atoms with Crippen LogP contribution in [0.5, 0.6) is 0 Å². The largest absolute Gasteiger partial charge is 0.395 e. The van der Waals surface area contributed by atoms with Gasteiger partial charge in [-0.2, -0.15) is 0 Å². The van der Waals surface area contributed by atoms with Crippen molar-refractivity contribution in [3.63, 3.8) is 0 Å². The number of likely N-dealkylation sites (tertiary alicyclic amines) is 1. The number of piperidine rings is 1. The van der Waals surface area contributed by atoms with Gasteiger partial charge in [0.2, 0.25) is 0 Å². The second-order valence-electron chi connectivity index (χ2n) is 11.4. The lowest BCUT2D eigenvalue weighted by Crippen LogP contribution is -2.58. The van der Waals surface area contributed by atoms with Crippen molar-refractivity contribution >= 4 is 56.5 Å². The number of nitrogens with two attached hydrogens (primary N) is 1. The predicted octanol–water partition coefficient (Wildman–Crippen LogP) is 2.27. The standard InChI is InChI=1S/C29H41Cl2N7O5S/c1-3-21-18-37(27-25(31)34-24(26(32)35-27)28(40)33-10-15-39)13-14-38(21)22-8-11-36(12-9-22)29(41)23-7-6-20(30)17-19(23)5-4-16-44(2,42)43/h6-7,17,21-22,39H,3-5,8-16,18H2,1-2H3,(H2,32,35)(H,33,40)/t21-/m0/s1. The molecule has 2 amide bonds. The van der Waals surface area contributed by atoms with Crippen LogP contribution in [0.4, 0.5) is 11.6 Å². The second kappa shape index (κ2) is 15.0. The summed E-state index contributed by atoms with van der Waals surface area (Å²) in [4.78, 5) is 40.9. The van der Waals surface area contributed by atoms with Crippen LogP contribution in [0.15, 0.2) is 18.2 Å². The Balaban J connectivity index is 1.37. The Morgan fingerprint density at radius 2 is 1.86 bits per heavy atom. The van der Waals surface area contributed by atoms with E-state index in [1.165, 1.54) is 6.26 Å². The number of sulfone groups is 1. The number of benzene rings is 1. The van der Waals surface area contributed by atoms with Crippen LogP contribution in [0.1, 0.15) is 59.0 Å². The lowest BCUT2D eigenvalue weighted by Gasteiger charge is -2.47. The van der Waals surface area contributed by atoms with Gasteiger partial charge < -0.3 is 26.0 Å². The molecule has 1 aromatic heterocycles. The zero-order valence-electron chi connectivity index (χ0n) is 25.1. The van der Waals surface area contributed by atoms with Crippen LogP contribution in [-0.4, -0.2) is 115 Å². The number of aryl methyl sites for hydroxylation is 1. The van der Waals surface area contributed by atoms with Gasteiger partial charge in [0.15, 0.2) is 22.5 Å². The summed E-state index contributed by atoms with van der Waals surface area (Å²) in [6, 6.07) is 5.75. The molecule has 1 atom stereocenters. The number of piperazine rings is 1. The molecule has 3 heterocycles. The number of aliphatic hydroxyl groups is 1. The number of amides is 2. The minimum atomic E-state index is -3.09. The highest BCUT2D eigenvalue weighted by Crippen LogP contribution is 2.30. The molecule has 44 heavy (non-hydrogen) atoms. The van der Waals surface area contributed by atoms with E-state index in [1.807, 2.05) is 4.90 Å². The predicted molar refractivity (Wildman–Crippen MR) is 172 cm³/mol. The summed E-state index contributed by atoms with van der Waals surface area (Å²) in [6.07, 6.45) is 4.69. The van der Waals surface area contributed by atoms with E-state index in [0.29, 0.717) is 61.5 Å². The molecule has 12 nitrogen and oxygen atoms in total. The van der Waals surface area contributed by atoms with Crippen molar-refractivity contribution in [1.29, 1.82) is 0 Å². The van der Waals surface area contributed by atoms with Gasteiger partial charge in [-0.3, -0.25) is 14.5 Å². The zero-order valence-corrected chi connectivity index (χ0v) is 27.5. The molecule has 1 aromatic carbocycles. The maximum Gasteiger partial charge on any atom is 0.273 e. The molecule has 2 fully saturated rings. The second-order valence-corrected chi connectivity index (χ2v) is 14.4. The molecule has 0 unspecified atom stereocenters. The minimum absolute atomic E-state index is 0.0217. The SMILES string of the molecule is CC[C@H]1CN(c2nc(N)c(C(=O)NCCO)nc2Cl)CCN1C1CCN(C(=O)c2ccc(Cl)cc2CCCS(C)(=O)=O)CC1. The number of hydrogen-bond donors (Lipinski definition) is 3. The van der Waals surface area contributed by atoms with Crippen LogP contribution < -0.4 is 16.0 Å². The number of nitrogen functional groups attached to an aromatic ring is 1. The highest BCUT2D eigenvalue weighted by atomic mass is 35.5. The molecule has 2 aliphatic rings. The first-order valence-corrected chi connectivity index (χ1v) is 17.7. The average Bonchev–Trinajstić information content (AvgIpc) is 2.99. The molecule has 0 spiro atoms. The van der Waals surface area contributed by atoms with E-state index in [9.17, 15) is 18.0 Å². The third kappa shape index (κ3) is 8.51. The van der Waals surface area contributed by atoms with Gasteiger partial charge in [0.25, 0.3) is 11.8 Å². The van der Waals surface area contributed by atoms with Crippen LogP contribution in [0.3, 0.4) is 0 Å². The van der Waals surface area contributed by atoms with Gasteiger partial charge in [-0.1, -0.05) is 30.1 Å². The van der Waals surface area contributed by atoms with Gasteiger partial charge in [0, 0.05) is 68.2 Å². The summed E-state index contributed by atoms with van der Waals surface area (Å²) < 4.78 is 23.2. The van der Waals surface area contributed by atoms with E-state index in [1.54, 1.807) is 18.2 Å². The maximum absolute atomic E-state index is 13.5. The molecule has 2 saturated heterocycles. The average molecular weight is 671 g/mol. The van der Waals surface area contributed by atoms with Crippen LogP contribution in [0, 0.1) is 0 Å². The highest BCUT2D eigenvalue weighted by molar-refractivity contribution is 7.90. The number of aliphatic hydroxyl groups excluding tert-OH is 1. The van der Waals surface area contributed by atoms with E-state index in [-0.39, 0.29) is 47.5 Å². The number of rotatable bonds is 11. The molecule has 0 radical (unpaired) electrons. The highest BCUT2D eigenvalue weighted by Gasteiger charge is 2.35. The summed E-state index contributed by atoms with van der Waals surface area (Å²) in [5, 5.41) is 12.1. The van der Waals surface area contributed by atoms with Crippen molar-refractivity contribution in [2.24, 2.45) is 0 Å². The van der Waals surface area contributed by atoms with Crippen LogP contribution in [0.2, 0.25) is 10.2 Å². The molecule has 2 aliphatic heterocycles. The Labute approximate surface area is 268 Å². The van der Waals surface area contributed by atoms with Crippen molar-refractivity contribution < 1.29 is 23.1 Å². The van der Waals surface area contributed by atoms with Crippen molar-refractivity contribution in [3.8, 4) is 0 Å².